The SMILES string of the molecule is COc1cc2c(cc1OC)-c1c(c(C(=O)NC3CC3)nn1-c1ccccc1)C2. The van der Waals surface area contributed by atoms with Crippen LogP contribution >= 0.6 is 0 Å². The topological polar surface area (TPSA) is 65.4 Å². The molecule has 2 aliphatic rings. The van der Waals surface area contributed by atoms with Crippen molar-refractivity contribution in [1.29, 1.82) is 0 Å². The van der Waals surface area contributed by atoms with Crippen LogP contribution in [0.2, 0.25) is 0 Å². The zero-order valence-electron chi connectivity index (χ0n) is 15.9. The van der Waals surface area contributed by atoms with E-state index >= 15 is 0 Å². The van der Waals surface area contributed by atoms with Gasteiger partial charge in [-0.15, -0.1) is 0 Å². The van der Waals surface area contributed by atoms with Crippen LogP contribution in [0.3, 0.4) is 0 Å². The first-order valence-corrected chi connectivity index (χ1v) is 9.43. The molecule has 0 radical (unpaired) electrons. The van der Waals surface area contributed by atoms with E-state index in [1.165, 1.54) is 0 Å². The molecule has 1 fully saturated rings. The highest BCUT2D eigenvalue weighted by Crippen LogP contribution is 2.44. The second-order valence-electron chi connectivity index (χ2n) is 7.21. The number of carbonyl (C=O) groups excluding carboxylic acids is 1. The first-order valence-electron chi connectivity index (χ1n) is 9.43. The number of carbonyl (C=O) groups is 1. The molecule has 0 spiro atoms. The molecule has 1 amide bonds. The van der Waals surface area contributed by atoms with Gasteiger partial charge in [-0.25, -0.2) is 4.68 Å². The van der Waals surface area contributed by atoms with Crippen molar-refractivity contribution in [3.63, 3.8) is 0 Å². The van der Waals surface area contributed by atoms with E-state index in [0.717, 1.165) is 40.9 Å². The van der Waals surface area contributed by atoms with Gasteiger partial charge in [0, 0.05) is 23.6 Å². The van der Waals surface area contributed by atoms with Crippen molar-refractivity contribution in [2.75, 3.05) is 14.2 Å². The lowest BCUT2D eigenvalue weighted by molar-refractivity contribution is 0.0945. The van der Waals surface area contributed by atoms with Crippen molar-refractivity contribution in [2.24, 2.45) is 0 Å². The number of aromatic nitrogens is 2. The van der Waals surface area contributed by atoms with Gasteiger partial charge in [0.2, 0.25) is 0 Å². The second kappa shape index (κ2) is 6.41. The zero-order valence-corrected chi connectivity index (χ0v) is 15.9. The highest BCUT2D eigenvalue weighted by Gasteiger charge is 2.34. The number of nitrogens with zero attached hydrogens (tertiary/aromatic N) is 2. The number of nitrogens with one attached hydrogen (secondary N) is 1. The molecule has 3 aromatic rings. The van der Waals surface area contributed by atoms with Gasteiger partial charge in [0.05, 0.1) is 25.6 Å². The summed E-state index contributed by atoms with van der Waals surface area (Å²) in [6, 6.07) is 14.2. The molecular formula is C22H21N3O3. The summed E-state index contributed by atoms with van der Waals surface area (Å²) in [6.45, 7) is 0. The van der Waals surface area contributed by atoms with Gasteiger partial charge in [-0.05, 0) is 42.7 Å². The van der Waals surface area contributed by atoms with Crippen molar-refractivity contribution >= 4 is 5.91 Å². The molecule has 0 saturated heterocycles. The van der Waals surface area contributed by atoms with E-state index in [2.05, 4.69) is 5.32 Å². The Morgan fingerprint density at radius 3 is 2.50 bits per heavy atom. The molecule has 0 unspecified atom stereocenters. The van der Waals surface area contributed by atoms with Gasteiger partial charge in [-0.1, -0.05) is 18.2 Å². The van der Waals surface area contributed by atoms with E-state index in [1.54, 1.807) is 14.2 Å². The molecule has 1 heterocycles. The van der Waals surface area contributed by atoms with E-state index in [1.807, 2.05) is 47.1 Å². The summed E-state index contributed by atoms with van der Waals surface area (Å²) < 4.78 is 12.8. The van der Waals surface area contributed by atoms with Crippen molar-refractivity contribution in [3.8, 4) is 28.4 Å². The molecule has 2 aromatic carbocycles. The fourth-order valence-corrected chi connectivity index (χ4v) is 3.79. The lowest BCUT2D eigenvalue weighted by Gasteiger charge is -2.12. The fraction of sp³-hybridized carbons (Fsp3) is 0.273. The molecule has 1 saturated carbocycles. The Balaban J connectivity index is 1.69. The maximum absolute atomic E-state index is 12.9. The van der Waals surface area contributed by atoms with Gasteiger partial charge < -0.3 is 14.8 Å². The molecule has 28 heavy (non-hydrogen) atoms. The van der Waals surface area contributed by atoms with Crippen LogP contribution in [-0.4, -0.2) is 35.9 Å². The van der Waals surface area contributed by atoms with Crippen LogP contribution in [0, 0.1) is 0 Å². The molecule has 0 atom stereocenters. The Hall–Kier alpha value is -3.28. The van der Waals surface area contributed by atoms with Crippen LogP contribution in [0.25, 0.3) is 16.9 Å². The summed E-state index contributed by atoms with van der Waals surface area (Å²) in [7, 11) is 3.26. The number of fused-ring (bicyclic) bond motifs is 3. The highest BCUT2D eigenvalue weighted by atomic mass is 16.5. The summed E-state index contributed by atoms with van der Waals surface area (Å²) in [6.07, 6.45) is 2.73. The van der Waals surface area contributed by atoms with Gasteiger partial charge in [0.1, 0.15) is 0 Å². The maximum atomic E-state index is 12.9. The molecule has 2 aliphatic carbocycles. The van der Waals surface area contributed by atoms with E-state index in [0.29, 0.717) is 23.6 Å². The van der Waals surface area contributed by atoms with Crippen LogP contribution < -0.4 is 14.8 Å². The average molecular weight is 375 g/mol. The summed E-state index contributed by atoms with van der Waals surface area (Å²) in [4.78, 5) is 12.9. The number of amides is 1. The van der Waals surface area contributed by atoms with Crippen molar-refractivity contribution in [3.05, 3.63) is 59.3 Å². The minimum Gasteiger partial charge on any atom is -0.493 e. The van der Waals surface area contributed by atoms with Gasteiger partial charge in [0.25, 0.3) is 5.91 Å². The number of benzene rings is 2. The summed E-state index contributed by atoms with van der Waals surface area (Å²) in [5, 5.41) is 7.78. The Morgan fingerprint density at radius 2 is 1.82 bits per heavy atom. The quantitative estimate of drug-likeness (QED) is 0.581. The Kier molecular flexibility index (Phi) is 3.86. The second-order valence-corrected chi connectivity index (χ2v) is 7.21. The van der Waals surface area contributed by atoms with Gasteiger partial charge in [0.15, 0.2) is 17.2 Å². The normalized spacial score (nSPS) is 14.4. The first-order chi connectivity index (χ1) is 13.7. The molecule has 142 valence electrons. The van der Waals surface area contributed by atoms with E-state index in [-0.39, 0.29) is 11.9 Å². The molecule has 0 aliphatic heterocycles. The maximum Gasteiger partial charge on any atom is 0.272 e. The van der Waals surface area contributed by atoms with E-state index in [9.17, 15) is 4.79 Å². The molecule has 5 rings (SSSR count). The number of ether oxygens (including phenoxy) is 2. The minimum absolute atomic E-state index is 0.0971. The molecule has 6 heteroatoms. The predicted octanol–water partition coefficient (Wildman–Crippen LogP) is 3.35. The van der Waals surface area contributed by atoms with Crippen LogP contribution in [0.5, 0.6) is 11.5 Å². The number of para-hydroxylation sites is 1. The Bertz CT molecular complexity index is 1070. The van der Waals surface area contributed by atoms with Crippen LogP contribution in [0.4, 0.5) is 0 Å². The standard InChI is InChI=1S/C22H21N3O3/c1-27-18-11-13-10-17-20(22(26)23-14-8-9-14)24-25(15-6-4-3-5-7-15)21(17)16(13)12-19(18)28-2/h3-7,11-12,14H,8-10H2,1-2H3,(H,23,26). The fourth-order valence-electron chi connectivity index (χ4n) is 3.79. The van der Waals surface area contributed by atoms with Crippen LogP contribution in [0.1, 0.15) is 34.5 Å². The van der Waals surface area contributed by atoms with Crippen molar-refractivity contribution < 1.29 is 14.3 Å². The predicted molar refractivity (Wildman–Crippen MR) is 105 cm³/mol. The number of hydrogen-bond acceptors (Lipinski definition) is 4. The van der Waals surface area contributed by atoms with Gasteiger partial charge >= 0.3 is 0 Å². The molecule has 0 bridgehead atoms. The third kappa shape index (κ3) is 2.64. The third-order valence-electron chi connectivity index (χ3n) is 5.34. The third-order valence-corrected chi connectivity index (χ3v) is 5.34. The summed E-state index contributed by atoms with van der Waals surface area (Å²) in [5.41, 5.74) is 5.45. The monoisotopic (exact) mass is 375 g/mol. The lowest BCUT2D eigenvalue weighted by atomic mass is 10.1. The Morgan fingerprint density at radius 1 is 1.11 bits per heavy atom. The zero-order chi connectivity index (χ0) is 19.3. The van der Waals surface area contributed by atoms with Crippen LogP contribution in [0.15, 0.2) is 42.5 Å². The summed E-state index contributed by atoms with van der Waals surface area (Å²) >= 11 is 0. The number of methoxy groups -OCH3 is 2. The Labute approximate surface area is 163 Å². The number of rotatable bonds is 5. The largest absolute Gasteiger partial charge is 0.493 e. The first kappa shape index (κ1) is 16.9. The molecule has 6 nitrogen and oxygen atoms in total. The minimum atomic E-state index is -0.0971. The smallest absolute Gasteiger partial charge is 0.272 e. The van der Waals surface area contributed by atoms with Gasteiger partial charge in [-0.3, -0.25) is 4.79 Å². The number of hydrogen-bond donors (Lipinski definition) is 1. The van der Waals surface area contributed by atoms with Gasteiger partial charge in [-0.2, -0.15) is 5.10 Å². The highest BCUT2D eigenvalue weighted by molar-refractivity contribution is 5.97. The molecule has 1 aromatic heterocycles. The average Bonchev–Trinajstić information content (AvgIpc) is 3.35. The van der Waals surface area contributed by atoms with E-state index < -0.39 is 0 Å². The lowest BCUT2D eigenvalue weighted by Crippen LogP contribution is -2.26. The molecular weight excluding hydrogens is 354 g/mol. The van der Waals surface area contributed by atoms with Crippen molar-refractivity contribution in [1.82, 2.24) is 15.1 Å². The van der Waals surface area contributed by atoms with Crippen LogP contribution in [-0.2, 0) is 6.42 Å². The van der Waals surface area contributed by atoms with E-state index in [4.69, 9.17) is 14.6 Å². The molecule has 1 N–H and O–H groups in total. The summed E-state index contributed by atoms with van der Waals surface area (Å²) in [5.74, 6) is 1.26. The van der Waals surface area contributed by atoms with Crippen molar-refractivity contribution in [2.45, 2.75) is 25.3 Å².